The van der Waals surface area contributed by atoms with Crippen LogP contribution < -0.4 is 15.0 Å². The number of pyridine rings is 1. The highest BCUT2D eigenvalue weighted by molar-refractivity contribution is 5.74. The lowest BCUT2D eigenvalue weighted by Crippen LogP contribution is -2.39. The van der Waals surface area contributed by atoms with E-state index in [1.807, 2.05) is 44.4 Å². The van der Waals surface area contributed by atoms with Gasteiger partial charge in [0.2, 0.25) is 0 Å². The zero-order valence-corrected chi connectivity index (χ0v) is 14.8. The average molecular weight is 344 g/mol. The molecule has 1 unspecified atom stereocenters. The number of hydrogen-bond donors (Lipinski definition) is 1. The van der Waals surface area contributed by atoms with Gasteiger partial charge in [0.05, 0.1) is 12.7 Å². The van der Waals surface area contributed by atoms with Gasteiger partial charge in [-0.15, -0.1) is 0 Å². The van der Waals surface area contributed by atoms with Crippen molar-refractivity contribution in [3.63, 3.8) is 0 Å². The van der Waals surface area contributed by atoms with Crippen LogP contribution in [0.25, 0.3) is 0 Å². The summed E-state index contributed by atoms with van der Waals surface area (Å²) in [6, 6.07) is 3.69. The van der Waals surface area contributed by atoms with E-state index in [9.17, 15) is 4.79 Å². The van der Waals surface area contributed by atoms with Crippen LogP contribution >= 0.6 is 0 Å². The molecule has 1 fully saturated rings. The van der Waals surface area contributed by atoms with Gasteiger partial charge < -0.3 is 19.9 Å². The minimum absolute atomic E-state index is 0.0213. The topological polar surface area (TPSA) is 75.5 Å². The van der Waals surface area contributed by atoms with Crippen molar-refractivity contribution in [1.29, 1.82) is 0 Å². The van der Waals surface area contributed by atoms with E-state index in [-0.39, 0.29) is 12.1 Å². The number of aromatic nitrogens is 3. The molecule has 3 rings (SSSR count). The average Bonchev–Trinajstić information content (AvgIpc) is 3.22. The van der Waals surface area contributed by atoms with Crippen LogP contribution in [-0.2, 0) is 13.6 Å². The van der Waals surface area contributed by atoms with Crippen LogP contribution in [0.2, 0.25) is 0 Å². The van der Waals surface area contributed by atoms with Gasteiger partial charge in [-0.05, 0) is 12.1 Å². The van der Waals surface area contributed by atoms with Crippen molar-refractivity contribution in [3.8, 4) is 5.75 Å². The quantitative estimate of drug-likeness (QED) is 0.883. The Hall–Kier alpha value is -2.77. The molecule has 1 N–H and O–H groups in total. The summed E-state index contributed by atoms with van der Waals surface area (Å²) < 4.78 is 7.79. The highest BCUT2D eigenvalue weighted by Crippen LogP contribution is 2.26. The van der Waals surface area contributed by atoms with E-state index < -0.39 is 0 Å². The molecule has 2 aromatic heterocycles. The maximum absolute atomic E-state index is 12.3. The maximum atomic E-state index is 12.3. The second-order valence-electron chi connectivity index (χ2n) is 6.38. The Labute approximate surface area is 147 Å². The van der Waals surface area contributed by atoms with E-state index in [2.05, 4.69) is 15.4 Å². The third kappa shape index (κ3) is 4.20. The predicted molar refractivity (Wildman–Crippen MR) is 94.6 cm³/mol. The van der Waals surface area contributed by atoms with Gasteiger partial charge in [0, 0.05) is 58.6 Å². The Bertz CT molecular complexity index is 729. The molecule has 8 heteroatoms. The zero-order valence-electron chi connectivity index (χ0n) is 14.8. The molecule has 0 bridgehead atoms. The number of rotatable bonds is 5. The molecule has 2 aromatic rings. The summed E-state index contributed by atoms with van der Waals surface area (Å²) in [7, 11) is 5.72. The molecular weight excluding hydrogens is 320 g/mol. The monoisotopic (exact) mass is 344 g/mol. The molecule has 0 aromatic carbocycles. The number of nitrogens with zero attached hydrogens (tertiary/aromatic N) is 5. The number of urea groups is 1. The molecule has 0 saturated carbocycles. The van der Waals surface area contributed by atoms with Crippen molar-refractivity contribution in [2.75, 3.05) is 32.1 Å². The summed E-state index contributed by atoms with van der Waals surface area (Å²) in [4.78, 5) is 20.4. The summed E-state index contributed by atoms with van der Waals surface area (Å²) in [6.45, 7) is 1.73. The van der Waals surface area contributed by atoms with Gasteiger partial charge in [-0.25, -0.2) is 9.78 Å². The number of likely N-dealkylation sites (tertiary alicyclic amines) is 1. The fourth-order valence-corrected chi connectivity index (χ4v) is 2.85. The van der Waals surface area contributed by atoms with E-state index in [0.717, 1.165) is 23.6 Å². The molecule has 1 aliphatic rings. The van der Waals surface area contributed by atoms with Gasteiger partial charge in [-0.3, -0.25) is 4.68 Å². The van der Waals surface area contributed by atoms with Gasteiger partial charge in [-0.2, -0.15) is 5.10 Å². The van der Waals surface area contributed by atoms with Gasteiger partial charge in [0.15, 0.2) is 11.6 Å². The first-order valence-corrected chi connectivity index (χ1v) is 8.32. The normalized spacial score (nSPS) is 16.8. The van der Waals surface area contributed by atoms with Gasteiger partial charge in [-0.1, -0.05) is 0 Å². The number of carbonyl (C=O) groups is 1. The molecule has 0 aliphatic carbocycles. The van der Waals surface area contributed by atoms with Crippen LogP contribution in [0.4, 0.5) is 10.6 Å². The summed E-state index contributed by atoms with van der Waals surface area (Å²) in [5, 5.41) is 7.02. The smallest absolute Gasteiger partial charge is 0.317 e. The Kier molecular flexibility index (Phi) is 5.06. The number of anilines is 1. The lowest BCUT2D eigenvalue weighted by atomic mass is 10.3. The lowest BCUT2D eigenvalue weighted by molar-refractivity contribution is 0.186. The Morgan fingerprint density at radius 2 is 2.32 bits per heavy atom. The third-order valence-electron chi connectivity index (χ3n) is 4.10. The second-order valence-corrected chi connectivity index (χ2v) is 6.38. The van der Waals surface area contributed by atoms with E-state index in [1.165, 1.54) is 0 Å². The Morgan fingerprint density at radius 3 is 3.04 bits per heavy atom. The molecule has 1 atom stereocenters. The van der Waals surface area contributed by atoms with Crippen LogP contribution in [0.1, 0.15) is 12.0 Å². The molecular formula is C17H24N6O2. The van der Waals surface area contributed by atoms with Crippen LogP contribution in [-0.4, -0.2) is 59.0 Å². The molecule has 8 nitrogen and oxygen atoms in total. The van der Waals surface area contributed by atoms with Crippen molar-refractivity contribution >= 4 is 11.8 Å². The first-order valence-electron chi connectivity index (χ1n) is 8.32. The summed E-state index contributed by atoms with van der Waals surface area (Å²) in [5.74, 6) is 1.54. The minimum atomic E-state index is -0.0750. The number of nitrogens with one attached hydrogen (secondary N) is 1. The predicted octanol–water partition coefficient (Wildman–Crippen LogP) is 1.24. The van der Waals surface area contributed by atoms with E-state index in [0.29, 0.717) is 19.6 Å². The Balaban J connectivity index is 1.52. The molecule has 0 radical (unpaired) electrons. The molecule has 1 aliphatic heterocycles. The number of aryl methyl sites for hydroxylation is 1. The van der Waals surface area contributed by atoms with Crippen molar-refractivity contribution in [2.24, 2.45) is 7.05 Å². The van der Waals surface area contributed by atoms with Crippen molar-refractivity contribution < 1.29 is 9.53 Å². The number of hydrogen-bond acceptors (Lipinski definition) is 5. The maximum Gasteiger partial charge on any atom is 0.317 e. The van der Waals surface area contributed by atoms with E-state index in [4.69, 9.17) is 4.74 Å². The molecule has 1 saturated heterocycles. The fourth-order valence-electron chi connectivity index (χ4n) is 2.85. The third-order valence-corrected chi connectivity index (χ3v) is 4.10. The molecule has 134 valence electrons. The largest absolute Gasteiger partial charge is 0.485 e. The number of amides is 2. The first-order chi connectivity index (χ1) is 12.0. The standard InChI is InChI=1S/C17H24N6O2/c1-21(2)16-15(5-4-7-18-16)25-14-6-8-23(12-14)17(24)19-9-13-10-20-22(3)11-13/h4-5,7,10-11,14H,6,8-9,12H2,1-3H3,(H,19,24). The molecule has 3 heterocycles. The van der Waals surface area contributed by atoms with E-state index in [1.54, 1.807) is 22.0 Å². The highest BCUT2D eigenvalue weighted by atomic mass is 16.5. The number of ether oxygens (including phenoxy) is 1. The SMILES string of the molecule is CN(C)c1ncccc1OC1CCN(C(=O)NCc2cnn(C)c2)C1. The summed E-state index contributed by atoms with van der Waals surface area (Å²) >= 11 is 0. The molecule has 0 spiro atoms. The molecule has 2 amide bonds. The van der Waals surface area contributed by atoms with Crippen LogP contribution in [0.3, 0.4) is 0 Å². The summed E-state index contributed by atoms with van der Waals surface area (Å²) in [5.41, 5.74) is 0.980. The van der Waals surface area contributed by atoms with Gasteiger partial charge in [0.25, 0.3) is 0 Å². The van der Waals surface area contributed by atoms with Crippen LogP contribution in [0.5, 0.6) is 5.75 Å². The van der Waals surface area contributed by atoms with Crippen molar-refractivity contribution in [1.82, 2.24) is 25.0 Å². The van der Waals surface area contributed by atoms with Gasteiger partial charge >= 0.3 is 6.03 Å². The van der Waals surface area contributed by atoms with E-state index >= 15 is 0 Å². The highest BCUT2D eigenvalue weighted by Gasteiger charge is 2.28. The minimum Gasteiger partial charge on any atom is -0.485 e. The second kappa shape index (κ2) is 7.42. The fraction of sp³-hybridized carbons (Fsp3) is 0.471. The van der Waals surface area contributed by atoms with Crippen LogP contribution in [0.15, 0.2) is 30.7 Å². The summed E-state index contributed by atoms with van der Waals surface area (Å²) in [6.07, 6.45) is 6.17. The van der Waals surface area contributed by atoms with Gasteiger partial charge in [0.1, 0.15) is 6.10 Å². The molecule has 25 heavy (non-hydrogen) atoms. The zero-order chi connectivity index (χ0) is 17.8. The Morgan fingerprint density at radius 1 is 1.48 bits per heavy atom. The van der Waals surface area contributed by atoms with Crippen molar-refractivity contribution in [3.05, 3.63) is 36.3 Å². The van der Waals surface area contributed by atoms with Crippen molar-refractivity contribution in [2.45, 2.75) is 19.1 Å². The lowest BCUT2D eigenvalue weighted by Gasteiger charge is -2.20. The number of carbonyl (C=O) groups excluding carboxylic acids is 1. The van der Waals surface area contributed by atoms with Crippen LogP contribution in [0, 0.1) is 0 Å². The first kappa shape index (κ1) is 17.1.